The summed E-state index contributed by atoms with van der Waals surface area (Å²) in [5, 5.41) is 8.60. The summed E-state index contributed by atoms with van der Waals surface area (Å²) in [4.78, 5) is 10.5. The third-order valence-electron chi connectivity index (χ3n) is 2.51. The molecule has 1 N–H and O–H groups in total. The molecule has 0 unspecified atom stereocenters. The molecule has 4 nitrogen and oxygen atoms in total. The molecule has 0 amide bonds. The number of carbonyl (C=O) groups is 1. The van der Waals surface area contributed by atoms with E-state index in [0.717, 1.165) is 11.6 Å². The third kappa shape index (κ3) is 3.71. The molecule has 0 bridgehead atoms. The molecule has 0 heterocycles. The van der Waals surface area contributed by atoms with Crippen LogP contribution in [0, 0.1) is 12.7 Å². The molecule has 0 saturated heterocycles. The summed E-state index contributed by atoms with van der Waals surface area (Å²) in [6.45, 7) is 1.42. The molecule has 5 heteroatoms. The van der Waals surface area contributed by atoms with E-state index in [1.807, 2.05) is 19.1 Å². The fourth-order valence-corrected chi connectivity index (χ4v) is 1.55. The highest BCUT2D eigenvalue weighted by molar-refractivity contribution is 5.68. The monoisotopic (exact) mass is 276 g/mol. The van der Waals surface area contributed by atoms with E-state index < -0.39 is 18.4 Å². The Hall–Kier alpha value is -2.56. The van der Waals surface area contributed by atoms with Gasteiger partial charge >= 0.3 is 5.97 Å². The van der Waals surface area contributed by atoms with Crippen LogP contribution in [0.4, 0.5) is 4.39 Å². The molecular weight excluding hydrogens is 263 g/mol. The van der Waals surface area contributed by atoms with Gasteiger partial charge in [-0.25, -0.2) is 9.18 Å². The number of rotatable bonds is 5. The summed E-state index contributed by atoms with van der Waals surface area (Å²) in [7, 11) is 0. The maximum Gasteiger partial charge on any atom is 0.341 e. The predicted octanol–water partition coefficient (Wildman–Crippen LogP) is 3.39. The lowest BCUT2D eigenvalue weighted by Gasteiger charge is -2.11. The number of hydrogen-bond donors (Lipinski definition) is 1. The molecule has 2 rings (SSSR count). The number of hydrogen-bond acceptors (Lipinski definition) is 3. The Kier molecular flexibility index (Phi) is 4.20. The molecular formula is C15H13FO4. The zero-order chi connectivity index (χ0) is 14.5. The van der Waals surface area contributed by atoms with Crippen LogP contribution in [0.15, 0.2) is 42.5 Å². The first-order valence-electron chi connectivity index (χ1n) is 5.93. The molecule has 0 saturated carbocycles. The Morgan fingerprint density at radius 1 is 1.15 bits per heavy atom. The number of carboxylic acids is 1. The zero-order valence-corrected chi connectivity index (χ0v) is 10.8. The van der Waals surface area contributed by atoms with Crippen LogP contribution in [0.25, 0.3) is 0 Å². The molecule has 0 aromatic heterocycles. The minimum Gasteiger partial charge on any atom is -0.479 e. The molecule has 0 radical (unpaired) electrons. The maximum atomic E-state index is 13.3. The van der Waals surface area contributed by atoms with Crippen molar-refractivity contribution in [2.75, 3.05) is 6.61 Å². The van der Waals surface area contributed by atoms with Crippen LogP contribution in [0.3, 0.4) is 0 Å². The van der Waals surface area contributed by atoms with Gasteiger partial charge in [-0.3, -0.25) is 0 Å². The van der Waals surface area contributed by atoms with Crippen LogP contribution < -0.4 is 9.47 Å². The van der Waals surface area contributed by atoms with Crippen molar-refractivity contribution in [3.63, 3.8) is 0 Å². The van der Waals surface area contributed by atoms with Gasteiger partial charge < -0.3 is 14.6 Å². The van der Waals surface area contributed by atoms with Crippen LogP contribution in [-0.4, -0.2) is 17.7 Å². The standard InChI is InChI=1S/C15H13FO4/c1-10-2-5-12(6-3-10)20-14-8-11(16)4-7-13(14)19-9-15(17)18/h2-8H,9H2,1H3,(H,17,18). The molecule has 0 aliphatic heterocycles. The number of ether oxygens (including phenoxy) is 2. The van der Waals surface area contributed by atoms with Gasteiger partial charge in [0.15, 0.2) is 18.1 Å². The molecule has 2 aromatic carbocycles. The van der Waals surface area contributed by atoms with E-state index in [9.17, 15) is 9.18 Å². The fourth-order valence-electron chi connectivity index (χ4n) is 1.55. The molecule has 104 valence electrons. The number of aryl methyl sites for hydroxylation is 1. The smallest absolute Gasteiger partial charge is 0.341 e. The predicted molar refractivity (Wildman–Crippen MR) is 70.8 cm³/mol. The molecule has 0 atom stereocenters. The Balaban J connectivity index is 2.22. The van der Waals surface area contributed by atoms with Crippen LogP contribution in [0.2, 0.25) is 0 Å². The van der Waals surface area contributed by atoms with Gasteiger partial charge in [-0.1, -0.05) is 17.7 Å². The van der Waals surface area contributed by atoms with Gasteiger partial charge in [0.25, 0.3) is 0 Å². The van der Waals surface area contributed by atoms with Gasteiger partial charge in [0.2, 0.25) is 0 Å². The van der Waals surface area contributed by atoms with Crippen LogP contribution in [0.5, 0.6) is 17.2 Å². The summed E-state index contributed by atoms with van der Waals surface area (Å²) in [5.41, 5.74) is 1.07. The third-order valence-corrected chi connectivity index (χ3v) is 2.51. The number of halogens is 1. The normalized spacial score (nSPS) is 10.1. The highest BCUT2D eigenvalue weighted by atomic mass is 19.1. The summed E-state index contributed by atoms with van der Waals surface area (Å²) in [6.07, 6.45) is 0. The van der Waals surface area contributed by atoms with Gasteiger partial charge in [-0.15, -0.1) is 0 Å². The van der Waals surface area contributed by atoms with E-state index in [4.69, 9.17) is 14.6 Å². The first kappa shape index (κ1) is 13.9. The molecule has 2 aromatic rings. The van der Waals surface area contributed by atoms with E-state index >= 15 is 0 Å². The quantitative estimate of drug-likeness (QED) is 0.909. The van der Waals surface area contributed by atoms with Crippen molar-refractivity contribution in [2.24, 2.45) is 0 Å². The van der Waals surface area contributed by atoms with Crippen molar-refractivity contribution in [2.45, 2.75) is 6.92 Å². The van der Waals surface area contributed by atoms with E-state index in [2.05, 4.69) is 0 Å². The molecule has 0 fully saturated rings. The van der Waals surface area contributed by atoms with Crippen LogP contribution in [-0.2, 0) is 4.79 Å². The summed E-state index contributed by atoms with van der Waals surface area (Å²) in [5.74, 6) is -0.781. The lowest BCUT2D eigenvalue weighted by molar-refractivity contribution is -0.139. The summed E-state index contributed by atoms with van der Waals surface area (Å²) >= 11 is 0. The summed E-state index contributed by atoms with van der Waals surface area (Å²) < 4.78 is 23.8. The SMILES string of the molecule is Cc1ccc(Oc2cc(F)ccc2OCC(=O)O)cc1. The van der Waals surface area contributed by atoms with Gasteiger partial charge in [0.1, 0.15) is 11.6 Å². The maximum absolute atomic E-state index is 13.3. The average Bonchev–Trinajstić information content (AvgIpc) is 2.40. The van der Waals surface area contributed by atoms with Crippen molar-refractivity contribution < 1.29 is 23.8 Å². The van der Waals surface area contributed by atoms with Gasteiger partial charge in [0.05, 0.1) is 0 Å². The Morgan fingerprint density at radius 2 is 1.85 bits per heavy atom. The highest BCUT2D eigenvalue weighted by Gasteiger charge is 2.10. The highest BCUT2D eigenvalue weighted by Crippen LogP contribution is 2.32. The van der Waals surface area contributed by atoms with E-state index in [1.54, 1.807) is 12.1 Å². The number of carboxylic acid groups (broad SMARTS) is 1. The second-order valence-electron chi connectivity index (χ2n) is 4.19. The second kappa shape index (κ2) is 6.06. The van der Waals surface area contributed by atoms with Gasteiger partial charge in [-0.2, -0.15) is 0 Å². The van der Waals surface area contributed by atoms with Crippen molar-refractivity contribution >= 4 is 5.97 Å². The minimum absolute atomic E-state index is 0.134. The number of aliphatic carboxylic acids is 1. The number of benzene rings is 2. The summed E-state index contributed by atoms with van der Waals surface area (Å²) in [6, 6.07) is 10.8. The Morgan fingerprint density at radius 3 is 2.50 bits per heavy atom. The fraction of sp³-hybridized carbons (Fsp3) is 0.133. The van der Waals surface area contributed by atoms with Crippen molar-refractivity contribution in [1.29, 1.82) is 0 Å². The zero-order valence-electron chi connectivity index (χ0n) is 10.8. The average molecular weight is 276 g/mol. The Labute approximate surface area is 115 Å². The lowest BCUT2D eigenvalue weighted by atomic mass is 10.2. The van der Waals surface area contributed by atoms with Crippen molar-refractivity contribution in [3.05, 3.63) is 53.8 Å². The van der Waals surface area contributed by atoms with Gasteiger partial charge in [-0.05, 0) is 31.2 Å². The van der Waals surface area contributed by atoms with E-state index in [-0.39, 0.29) is 11.5 Å². The second-order valence-corrected chi connectivity index (χ2v) is 4.19. The topological polar surface area (TPSA) is 55.8 Å². The minimum atomic E-state index is -1.12. The molecule has 0 aliphatic rings. The largest absolute Gasteiger partial charge is 0.479 e. The van der Waals surface area contributed by atoms with E-state index in [0.29, 0.717) is 5.75 Å². The Bertz CT molecular complexity index is 608. The van der Waals surface area contributed by atoms with Crippen molar-refractivity contribution in [3.8, 4) is 17.2 Å². The first-order valence-corrected chi connectivity index (χ1v) is 5.93. The molecule has 0 aliphatic carbocycles. The first-order chi connectivity index (χ1) is 9.54. The van der Waals surface area contributed by atoms with Crippen LogP contribution in [0.1, 0.15) is 5.56 Å². The van der Waals surface area contributed by atoms with Crippen LogP contribution >= 0.6 is 0 Å². The molecule has 0 spiro atoms. The molecule has 20 heavy (non-hydrogen) atoms. The van der Waals surface area contributed by atoms with E-state index in [1.165, 1.54) is 12.1 Å². The van der Waals surface area contributed by atoms with Crippen molar-refractivity contribution in [1.82, 2.24) is 0 Å². The van der Waals surface area contributed by atoms with Gasteiger partial charge in [0, 0.05) is 6.07 Å². The lowest BCUT2D eigenvalue weighted by Crippen LogP contribution is -2.10.